The van der Waals surface area contributed by atoms with Gasteiger partial charge in [-0.2, -0.15) is 5.26 Å². The van der Waals surface area contributed by atoms with Crippen molar-refractivity contribution in [3.8, 4) is 22.9 Å². The van der Waals surface area contributed by atoms with E-state index >= 15 is 0 Å². The fourth-order valence-corrected chi connectivity index (χ4v) is 1.96. The quantitative estimate of drug-likeness (QED) is 0.626. The van der Waals surface area contributed by atoms with E-state index in [1.165, 1.54) is 0 Å². The Kier molecular flexibility index (Phi) is 6.12. The van der Waals surface area contributed by atoms with Crippen molar-refractivity contribution in [2.45, 2.75) is 6.10 Å². The zero-order valence-corrected chi connectivity index (χ0v) is 13.0. The van der Waals surface area contributed by atoms with Crippen LogP contribution in [0.2, 0.25) is 0 Å². The van der Waals surface area contributed by atoms with Crippen LogP contribution in [0.25, 0.3) is 11.1 Å². The van der Waals surface area contributed by atoms with E-state index in [4.69, 9.17) is 14.7 Å². The highest BCUT2D eigenvalue weighted by atomic mass is 16.5. The molecule has 0 amide bonds. The lowest BCUT2D eigenvalue weighted by Crippen LogP contribution is -2.24. The van der Waals surface area contributed by atoms with Gasteiger partial charge in [-0.05, 0) is 35.4 Å². The standard InChI is InChI=1S/C19H17NO4/c1-2-19(22)24-13-17(21)12-23-18-9-7-16(8-10-18)15-5-3-14(11-20)4-6-15/h2-10,17,21H,1,12-13H2. The number of rotatable bonds is 7. The monoisotopic (exact) mass is 323 g/mol. The molecule has 5 heteroatoms. The van der Waals surface area contributed by atoms with E-state index in [-0.39, 0.29) is 13.2 Å². The first-order valence-corrected chi connectivity index (χ1v) is 7.33. The number of hydrogen-bond donors (Lipinski definition) is 1. The molecule has 24 heavy (non-hydrogen) atoms. The molecular formula is C19H17NO4. The van der Waals surface area contributed by atoms with Gasteiger partial charge >= 0.3 is 5.97 Å². The maximum Gasteiger partial charge on any atom is 0.330 e. The van der Waals surface area contributed by atoms with Gasteiger partial charge in [-0.3, -0.25) is 0 Å². The Bertz CT molecular complexity index is 729. The summed E-state index contributed by atoms with van der Waals surface area (Å²) in [5, 5.41) is 18.5. The van der Waals surface area contributed by atoms with Crippen LogP contribution in [0.3, 0.4) is 0 Å². The molecule has 0 heterocycles. The van der Waals surface area contributed by atoms with Crippen molar-refractivity contribution in [3.05, 3.63) is 66.7 Å². The van der Waals surface area contributed by atoms with Crippen molar-refractivity contribution >= 4 is 5.97 Å². The first-order valence-electron chi connectivity index (χ1n) is 7.33. The Morgan fingerprint density at radius 3 is 2.25 bits per heavy atom. The second-order valence-electron chi connectivity index (χ2n) is 5.01. The maximum atomic E-state index is 10.9. The summed E-state index contributed by atoms with van der Waals surface area (Å²) in [7, 11) is 0. The van der Waals surface area contributed by atoms with E-state index in [1.54, 1.807) is 24.3 Å². The first kappa shape index (κ1) is 17.3. The molecule has 1 unspecified atom stereocenters. The summed E-state index contributed by atoms with van der Waals surface area (Å²) in [5.41, 5.74) is 2.61. The zero-order valence-electron chi connectivity index (χ0n) is 13.0. The molecule has 0 aliphatic carbocycles. The Morgan fingerprint density at radius 2 is 1.71 bits per heavy atom. The fourth-order valence-electron chi connectivity index (χ4n) is 1.96. The third kappa shape index (κ3) is 4.97. The van der Waals surface area contributed by atoms with Gasteiger partial charge in [-0.1, -0.05) is 30.8 Å². The number of aliphatic hydroxyl groups excluding tert-OH is 1. The van der Waals surface area contributed by atoms with Crippen molar-refractivity contribution in [1.82, 2.24) is 0 Å². The molecule has 0 radical (unpaired) electrons. The molecule has 1 atom stereocenters. The predicted octanol–water partition coefficient (Wildman–Crippen LogP) is 2.69. The van der Waals surface area contributed by atoms with Crippen LogP contribution in [0, 0.1) is 11.3 Å². The number of esters is 1. The van der Waals surface area contributed by atoms with Gasteiger partial charge in [-0.25, -0.2) is 4.79 Å². The highest BCUT2D eigenvalue weighted by Crippen LogP contribution is 2.22. The molecular weight excluding hydrogens is 306 g/mol. The lowest BCUT2D eigenvalue weighted by molar-refractivity contribution is -0.141. The van der Waals surface area contributed by atoms with Gasteiger partial charge in [0, 0.05) is 6.08 Å². The van der Waals surface area contributed by atoms with Crippen LogP contribution in [-0.2, 0) is 9.53 Å². The Hall–Kier alpha value is -3.10. The van der Waals surface area contributed by atoms with Crippen molar-refractivity contribution < 1.29 is 19.4 Å². The minimum absolute atomic E-state index is 0.0145. The van der Waals surface area contributed by atoms with Gasteiger partial charge in [0.25, 0.3) is 0 Å². The molecule has 2 aromatic carbocycles. The number of carbonyl (C=O) groups excluding carboxylic acids is 1. The van der Waals surface area contributed by atoms with Crippen LogP contribution in [-0.4, -0.2) is 30.4 Å². The molecule has 0 fully saturated rings. The average Bonchev–Trinajstić information content (AvgIpc) is 2.64. The number of nitrogens with zero attached hydrogens (tertiary/aromatic N) is 1. The zero-order chi connectivity index (χ0) is 17.4. The number of nitriles is 1. The predicted molar refractivity (Wildman–Crippen MR) is 89.3 cm³/mol. The second kappa shape index (κ2) is 8.51. The third-order valence-corrected chi connectivity index (χ3v) is 3.23. The molecule has 0 spiro atoms. The van der Waals surface area contributed by atoms with Gasteiger partial charge < -0.3 is 14.6 Å². The number of aliphatic hydroxyl groups is 1. The Labute approximate surface area is 140 Å². The minimum Gasteiger partial charge on any atom is -0.491 e. The van der Waals surface area contributed by atoms with Gasteiger partial charge in [0.05, 0.1) is 11.6 Å². The second-order valence-corrected chi connectivity index (χ2v) is 5.01. The summed E-state index contributed by atoms with van der Waals surface area (Å²) in [5.74, 6) is 0.0160. The summed E-state index contributed by atoms with van der Waals surface area (Å²) in [6, 6.07) is 16.7. The van der Waals surface area contributed by atoms with Crippen LogP contribution in [0.1, 0.15) is 5.56 Å². The van der Waals surface area contributed by atoms with Gasteiger partial charge in [-0.15, -0.1) is 0 Å². The molecule has 0 aromatic heterocycles. The molecule has 1 N–H and O–H groups in total. The van der Waals surface area contributed by atoms with Crippen LogP contribution >= 0.6 is 0 Å². The molecule has 5 nitrogen and oxygen atoms in total. The summed E-state index contributed by atoms with van der Waals surface area (Å²) >= 11 is 0. The van der Waals surface area contributed by atoms with E-state index in [0.717, 1.165) is 17.2 Å². The first-order chi connectivity index (χ1) is 11.6. The van der Waals surface area contributed by atoms with E-state index in [9.17, 15) is 9.90 Å². The number of hydrogen-bond acceptors (Lipinski definition) is 5. The molecule has 2 aromatic rings. The van der Waals surface area contributed by atoms with Crippen molar-refractivity contribution in [1.29, 1.82) is 5.26 Å². The molecule has 122 valence electrons. The smallest absolute Gasteiger partial charge is 0.330 e. The Balaban J connectivity index is 1.88. The van der Waals surface area contributed by atoms with E-state index in [0.29, 0.717) is 11.3 Å². The number of carbonyl (C=O) groups is 1. The van der Waals surface area contributed by atoms with Gasteiger partial charge in [0.2, 0.25) is 0 Å². The normalized spacial score (nSPS) is 11.2. The summed E-state index contributed by atoms with van der Waals surface area (Å²) in [6.45, 7) is 3.14. The highest BCUT2D eigenvalue weighted by molar-refractivity contribution is 5.81. The van der Waals surface area contributed by atoms with Crippen LogP contribution in [0.5, 0.6) is 5.75 Å². The van der Waals surface area contributed by atoms with E-state index in [2.05, 4.69) is 12.6 Å². The third-order valence-electron chi connectivity index (χ3n) is 3.23. The molecule has 0 saturated carbocycles. The van der Waals surface area contributed by atoms with Crippen molar-refractivity contribution in [2.75, 3.05) is 13.2 Å². The topological polar surface area (TPSA) is 79.6 Å². The molecule has 0 saturated heterocycles. The number of benzene rings is 2. The molecule has 0 aliphatic heterocycles. The van der Waals surface area contributed by atoms with Crippen LogP contribution in [0.15, 0.2) is 61.2 Å². The van der Waals surface area contributed by atoms with Gasteiger partial charge in [0.15, 0.2) is 0 Å². The largest absolute Gasteiger partial charge is 0.491 e. The lowest BCUT2D eigenvalue weighted by atomic mass is 10.0. The van der Waals surface area contributed by atoms with Crippen molar-refractivity contribution in [2.24, 2.45) is 0 Å². The minimum atomic E-state index is -0.910. The van der Waals surface area contributed by atoms with E-state index < -0.39 is 12.1 Å². The SMILES string of the molecule is C=CC(=O)OCC(O)COc1ccc(-c2ccc(C#N)cc2)cc1. The lowest BCUT2D eigenvalue weighted by Gasteiger charge is -2.12. The molecule has 2 rings (SSSR count). The average molecular weight is 323 g/mol. The van der Waals surface area contributed by atoms with Gasteiger partial charge in [0.1, 0.15) is 25.1 Å². The summed E-state index contributed by atoms with van der Waals surface area (Å²) < 4.78 is 10.2. The fraction of sp³-hybridized carbons (Fsp3) is 0.158. The maximum absolute atomic E-state index is 10.9. The van der Waals surface area contributed by atoms with E-state index in [1.807, 2.05) is 24.3 Å². The Morgan fingerprint density at radius 1 is 1.12 bits per heavy atom. The highest BCUT2D eigenvalue weighted by Gasteiger charge is 2.08. The number of ether oxygens (including phenoxy) is 2. The summed E-state index contributed by atoms with van der Waals surface area (Å²) in [6.07, 6.45) is 0.127. The summed E-state index contributed by atoms with van der Waals surface area (Å²) in [4.78, 5) is 10.9. The van der Waals surface area contributed by atoms with Crippen LogP contribution < -0.4 is 4.74 Å². The van der Waals surface area contributed by atoms with Crippen LogP contribution in [0.4, 0.5) is 0 Å². The molecule has 0 aliphatic rings. The van der Waals surface area contributed by atoms with Crippen molar-refractivity contribution in [3.63, 3.8) is 0 Å². The molecule has 0 bridgehead atoms.